The molecule has 32 heavy (non-hydrogen) atoms. The van der Waals surface area contributed by atoms with Gasteiger partial charge in [0.05, 0.1) is 11.7 Å². The lowest BCUT2D eigenvalue weighted by molar-refractivity contribution is -0.120. The van der Waals surface area contributed by atoms with Crippen molar-refractivity contribution in [1.29, 1.82) is 0 Å². The molecule has 3 heterocycles. The molecule has 0 bridgehead atoms. The Morgan fingerprint density at radius 1 is 1.16 bits per heavy atom. The second kappa shape index (κ2) is 7.40. The van der Waals surface area contributed by atoms with E-state index in [1.165, 1.54) is 4.90 Å². The first-order chi connectivity index (χ1) is 15.3. The molecule has 0 aliphatic carbocycles. The molecule has 2 aliphatic rings. The maximum atomic E-state index is 14.6. The van der Waals surface area contributed by atoms with E-state index in [0.29, 0.717) is 17.0 Å². The number of hydrogen-bond acceptors (Lipinski definition) is 5. The molecule has 10 heteroatoms. The summed E-state index contributed by atoms with van der Waals surface area (Å²) in [6.07, 6.45) is -0.480. The average Bonchev–Trinajstić information content (AvgIpc) is 3.32. The summed E-state index contributed by atoms with van der Waals surface area (Å²) in [6, 6.07) is 14.0. The van der Waals surface area contributed by atoms with Crippen LogP contribution in [0.15, 0.2) is 54.6 Å². The highest BCUT2D eigenvalue weighted by atomic mass is 19.3. The van der Waals surface area contributed by atoms with Crippen molar-refractivity contribution in [2.75, 3.05) is 18.6 Å². The van der Waals surface area contributed by atoms with Crippen LogP contribution in [-0.4, -0.2) is 46.3 Å². The van der Waals surface area contributed by atoms with Crippen molar-refractivity contribution in [3.8, 4) is 5.75 Å². The van der Waals surface area contributed by atoms with Gasteiger partial charge < -0.3 is 15.0 Å². The summed E-state index contributed by atoms with van der Waals surface area (Å²) in [7, 11) is 1.57. The number of ether oxygens (including phenoxy) is 1. The van der Waals surface area contributed by atoms with Gasteiger partial charge >= 0.3 is 5.92 Å². The third kappa shape index (κ3) is 3.28. The predicted octanol–water partition coefficient (Wildman–Crippen LogP) is 2.52. The predicted molar refractivity (Wildman–Crippen MR) is 110 cm³/mol. The Kier molecular flexibility index (Phi) is 4.65. The van der Waals surface area contributed by atoms with Crippen LogP contribution in [0.2, 0.25) is 0 Å². The highest BCUT2D eigenvalue weighted by Gasteiger charge is 2.49. The lowest BCUT2D eigenvalue weighted by Gasteiger charge is -2.19. The summed E-state index contributed by atoms with van der Waals surface area (Å²) in [5, 5.41) is 6.59. The van der Waals surface area contributed by atoms with Gasteiger partial charge in [-0.15, -0.1) is 5.10 Å². The van der Waals surface area contributed by atoms with Crippen LogP contribution in [0.25, 0.3) is 0 Å². The molecule has 1 N–H and O–H groups in total. The molecule has 0 radical (unpaired) electrons. The smallest absolute Gasteiger partial charge is 0.308 e. The number of amides is 2. The van der Waals surface area contributed by atoms with Gasteiger partial charge in [-0.05, 0) is 17.7 Å². The number of carbonyl (C=O) groups is 2. The summed E-state index contributed by atoms with van der Waals surface area (Å²) in [4.78, 5) is 30.8. The van der Waals surface area contributed by atoms with E-state index in [1.54, 1.807) is 61.6 Å². The fourth-order valence-electron chi connectivity index (χ4n) is 4.02. The molecule has 5 rings (SSSR count). The zero-order chi connectivity index (χ0) is 22.5. The zero-order valence-electron chi connectivity index (χ0n) is 17.0. The largest absolute Gasteiger partial charge is 0.489 e. The van der Waals surface area contributed by atoms with E-state index in [0.717, 1.165) is 4.68 Å². The van der Waals surface area contributed by atoms with Crippen LogP contribution in [0.4, 0.5) is 14.5 Å². The number of nitrogens with one attached hydrogen (secondary N) is 1. The number of fused-ring (bicyclic) bond motifs is 2. The van der Waals surface area contributed by atoms with E-state index in [1.807, 2.05) is 0 Å². The van der Waals surface area contributed by atoms with Crippen molar-refractivity contribution >= 4 is 17.5 Å². The highest BCUT2D eigenvalue weighted by Crippen LogP contribution is 2.45. The van der Waals surface area contributed by atoms with Gasteiger partial charge in [0.15, 0.2) is 5.82 Å². The van der Waals surface area contributed by atoms with Crippen LogP contribution >= 0.6 is 0 Å². The molecule has 0 unspecified atom stereocenters. The molecule has 164 valence electrons. The maximum absolute atomic E-state index is 14.6. The Hall–Kier alpha value is -3.82. The van der Waals surface area contributed by atoms with Gasteiger partial charge in [0.25, 0.3) is 11.8 Å². The van der Waals surface area contributed by atoms with Crippen LogP contribution in [0.1, 0.15) is 34.5 Å². The number of benzene rings is 2. The SMILES string of the molecule is CN1C(=O)[C@@H](NC(=O)c2nc3n(n2)[C@@H](c2ccccc2)CC3(F)F)COc2ccccc21. The Labute approximate surface area is 181 Å². The molecular weight excluding hydrogens is 420 g/mol. The minimum absolute atomic E-state index is 0.109. The average molecular weight is 439 g/mol. The van der Waals surface area contributed by atoms with Gasteiger partial charge in [0, 0.05) is 13.5 Å². The van der Waals surface area contributed by atoms with Gasteiger partial charge in [-0.25, -0.2) is 9.67 Å². The van der Waals surface area contributed by atoms with Crippen LogP contribution in [0.5, 0.6) is 5.75 Å². The number of halogens is 2. The number of nitrogens with zero attached hydrogens (tertiary/aromatic N) is 4. The molecule has 8 nitrogen and oxygen atoms in total. The number of aromatic nitrogens is 3. The summed E-state index contributed by atoms with van der Waals surface area (Å²) < 4.78 is 35.9. The number of anilines is 1. The van der Waals surface area contributed by atoms with Gasteiger partial charge in [0.1, 0.15) is 18.4 Å². The molecule has 3 aromatic rings. The van der Waals surface area contributed by atoms with Gasteiger partial charge in [-0.2, -0.15) is 8.78 Å². The molecule has 0 saturated carbocycles. The van der Waals surface area contributed by atoms with Crippen molar-refractivity contribution in [3.05, 3.63) is 71.8 Å². The van der Waals surface area contributed by atoms with Crippen LogP contribution in [0, 0.1) is 0 Å². The van der Waals surface area contributed by atoms with E-state index in [9.17, 15) is 18.4 Å². The van der Waals surface area contributed by atoms with Crippen molar-refractivity contribution in [2.45, 2.75) is 24.4 Å². The monoisotopic (exact) mass is 439 g/mol. The molecule has 0 spiro atoms. The van der Waals surface area contributed by atoms with Crippen molar-refractivity contribution in [3.63, 3.8) is 0 Å². The van der Waals surface area contributed by atoms with Gasteiger partial charge in [0.2, 0.25) is 5.82 Å². The lowest BCUT2D eigenvalue weighted by Crippen LogP contribution is -2.49. The van der Waals surface area contributed by atoms with Gasteiger partial charge in [-0.1, -0.05) is 42.5 Å². The molecule has 2 amide bonds. The Bertz CT molecular complexity index is 1200. The fraction of sp³-hybridized carbons (Fsp3) is 0.273. The van der Waals surface area contributed by atoms with Gasteiger partial charge in [-0.3, -0.25) is 9.59 Å². The standard InChI is InChI=1S/C22H19F2N5O3/c1-28-15-9-5-6-10-17(15)32-12-14(20(28)31)25-19(30)18-26-21-22(23,24)11-16(29(21)27-18)13-7-3-2-4-8-13/h2-10,14,16H,11-12H2,1H3,(H,25,30)/t14-,16+/m0/s1. The van der Waals surface area contributed by atoms with Crippen LogP contribution in [0.3, 0.4) is 0 Å². The summed E-state index contributed by atoms with van der Waals surface area (Å²) in [5.74, 6) is -4.93. The topological polar surface area (TPSA) is 89.4 Å². The number of carbonyl (C=O) groups excluding carboxylic acids is 2. The first kappa shape index (κ1) is 20.1. The number of para-hydroxylation sites is 2. The zero-order valence-corrected chi connectivity index (χ0v) is 17.0. The minimum Gasteiger partial charge on any atom is -0.489 e. The van der Waals surface area contributed by atoms with Crippen LogP contribution in [-0.2, 0) is 10.7 Å². The second-order valence-electron chi connectivity index (χ2n) is 7.74. The first-order valence-corrected chi connectivity index (χ1v) is 10.1. The van der Waals surface area contributed by atoms with E-state index in [4.69, 9.17) is 4.74 Å². The Morgan fingerprint density at radius 3 is 2.66 bits per heavy atom. The summed E-state index contributed by atoms with van der Waals surface area (Å²) in [6.45, 7) is -0.109. The summed E-state index contributed by atoms with van der Waals surface area (Å²) >= 11 is 0. The normalized spacial score (nSPS) is 21.3. The van der Waals surface area contributed by atoms with E-state index >= 15 is 0 Å². The molecule has 2 aromatic carbocycles. The number of hydrogen-bond donors (Lipinski definition) is 1. The second-order valence-corrected chi connectivity index (χ2v) is 7.74. The Morgan fingerprint density at radius 2 is 1.88 bits per heavy atom. The number of alkyl halides is 2. The first-order valence-electron chi connectivity index (χ1n) is 10.1. The van der Waals surface area contributed by atoms with Crippen LogP contribution < -0.4 is 15.0 Å². The highest BCUT2D eigenvalue weighted by molar-refractivity contribution is 6.02. The molecule has 2 atom stereocenters. The molecule has 0 saturated heterocycles. The maximum Gasteiger partial charge on any atom is 0.308 e. The van der Waals surface area contributed by atoms with E-state index in [2.05, 4.69) is 15.4 Å². The third-order valence-electron chi connectivity index (χ3n) is 5.66. The minimum atomic E-state index is -3.23. The van der Waals surface area contributed by atoms with Crippen molar-refractivity contribution in [1.82, 2.24) is 20.1 Å². The van der Waals surface area contributed by atoms with Crippen molar-refractivity contribution < 1.29 is 23.1 Å². The quantitative estimate of drug-likeness (QED) is 0.678. The lowest BCUT2D eigenvalue weighted by atomic mass is 10.0. The van der Waals surface area contributed by atoms with E-state index in [-0.39, 0.29) is 6.61 Å². The van der Waals surface area contributed by atoms with E-state index < -0.39 is 47.9 Å². The third-order valence-corrected chi connectivity index (χ3v) is 5.66. The molecule has 1 aromatic heterocycles. The molecular formula is C22H19F2N5O3. The number of likely N-dealkylation sites (N-methyl/N-ethyl adjacent to an activating group) is 1. The fourth-order valence-corrected chi connectivity index (χ4v) is 4.02. The molecule has 0 fully saturated rings. The molecule has 2 aliphatic heterocycles. The number of rotatable bonds is 3. The Balaban J connectivity index is 1.39. The summed E-state index contributed by atoms with van der Waals surface area (Å²) in [5.41, 5.74) is 1.22. The van der Waals surface area contributed by atoms with Crippen molar-refractivity contribution in [2.24, 2.45) is 0 Å².